The number of nitrogens with zero attached hydrogens (tertiary/aromatic N) is 1. The Morgan fingerprint density at radius 3 is 2.47 bits per heavy atom. The molecule has 0 saturated heterocycles. The molecule has 7 nitrogen and oxygen atoms in total. The molecular weight excluding hydrogens is 270 g/mol. The number of non-ortho nitro benzene ring substituents is 1. The van der Waals surface area contributed by atoms with Gasteiger partial charge in [0.05, 0.1) is 9.82 Å². The minimum atomic E-state index is -3.82. The minimum absolute atomic E-state index is 0.0838. The predicted octanol–water partition coefficient (Wildman–Crippen LogP) is 0.837. The Labute approximate surface area is 112 Å². The number of aryl methyl sites for hydroxylation is 1. The quantitative estimate of drug-likeness (QED) is 0.615. The van der Waals surface area contributed by atoms with Crippen molar-refractivity contribution in [1.82, 2.24) is 4.72 Å². The fraction of sp³-hybridized carbons (Fsp3) is 0.455. The molecule has 0 saturated carbocycles. The van der Waals surface area contributed by atoms with Gasteiger partial charge in [-0.2, -0.15) is 0 Å². The van der Waals surface area contributed by atoms with Gasteiger partial charge in [0.1, 0.15) is 0 Å². The van der Waals surface area contributed by atoms with Gasteiger partial charge in [0, 0.05) is 24.7 Å². The van der Waals surface area contributed by atoms with Crippen LogP contribution < -0.4 is 10.5 Å². The summed E-state index contributed by atoms with van der Waals surface area (Å²) < 4.78 is 26.7. The lowest BCUT2D eigenvalue weighted by atomic mass is 10.1. The van der Waals surface area contributed by atoms with Crippen LogP contribution in [0.3, 0.4) is 0 Å². The zero-order valence-electron chi connectivity index (χ0n) is 11.0. The molecule has 1 rings (SSSR count). The number of nitro benzene ring substituents is 1. The molecule has 0 radical (unpaired) electrons. The van der Waals surface area contributed by atoms with Crippen LogP contribution in [0, 0.1) is 24.0 Å². The molecule has 0 bridgehead atoms. The van der Waals surface area contributed by atoms with E-state index < -0.39 is 21.0 Å². The van der Waals surface area contributed by atoms with Gasteiger partial charge in [0.15, 0.2) is 0 Å². The van der Waals surface area contributed by atoms with Gasteiger partial charge in [-0.1, -0.05) is 0 Å². The summed E-state index contributed by atoms with van der Waals surface area (Å²) in [6, 6.07) is 1.97. The Hall–Kier alpha value is -1.51. The van der Waals surface area contributed by atoms with Crippen LogP contribution in [0.15, 0.2) is 17.0 Å². The lowest BCUT2D eigenvalue weighted by Gasteiger charge is -2.14. The molecular formula is C11H17N3O4S. The summed E-state index contributed by atoms with van der Waals surface area (Å²) in [5.74, 6) is 0. The molecule has 106 valence electrons. The number of hydrogen-bond acceptors (Lipinski definition) is 5. The largest absolute Gasteiger partial charge is 0.329 e. The maximum atomic E-state index is 12.2. The normalized spacial score (nSPS) is 13.3. The molecule has 0 aliphatic rings. The van der Waals surface area contributed by atoms with Crippen molar-refractivity contribution in [3.05, 3.63) is 33.4 Å². The Bertz CT molecular complexity index is 598. The van der Waals surface area contributed by atoms with Crippen LogP contribution in [-0.2, 0) is 10.0 Å². The first-order chi connectivity index (χ1) is 8.69. The van der Waals surface area contributed by atoms with Crippen LogP contribution in [0.5, 0.6) is 0 Å². The number of rotatable bonds is 5. The highest BCUT2D eigenvalue weighted by atomic mass is 32.2. The topological polar surface area (TPSA) is 115 Å². The third-order valence-corrected chi connectivity index (χ3v) is 4.53. The molecule has 8 heteroatoms. The van der Waals surface area contributed by atoms with Crippen molar-refractivity contribution >= 4 is 15.7 Å². The second-order valence-electron chi connectivity index (χ2n) is 4.40. The average molecular weight is 287 g/mol. The zero-order valence-corrected chi connectivity index (χ0v) is 11.8. The maximum Gasteiger partial charge on any atom is 0.271 e. The van der Waals surface area contributed by atoms with Crippen molar-refractivity contribution in [2.45, 2.75) is 31.7 Å². The highest BCUT2D eigenvalue weighted by Gasteiger charge is 2.23. The SMILES string of the molecule is Cc1cc([N+](=O)[O-])cc(S(=O)(=O)NC(C)CN)c1C. The van der Waals surface area contributed by atoms with Crippen molar-refractivity contribution in [1.29, 1.82) is 0 Å². The monoisotopic (exact) mass is 287 g/mol. The highest BCUT2D eigenvalue weighted by Crippen LogP contribution is 2.25. The highest BCUT2D eigenvalue weighted by molar-refractivity contribution is 7.89. The molecule has 1 aromatic carbocycles. The molecule has 1 atom stereocenters. The van der Waals surface area contributed by atoms with E-state index in [4.69, 9.17) is 5.73 Å². The van der Waals surface area contributed by atoms with Crippen LogP contribution in [0.25, 0.3) is 0 Å². The standard InChI is InChI=1S/C11H17N3O4S/c1-7-4-10(14(15)16)5-11(9(7)3)19(17,18)13-8(2)6-12/h4-5,8,13H,6,12H2,1-3H3. The lowest BCUT2D eigenvalue weighted by Crippen LogP contribution is -2.38. The smallest absolute Gasteiger partial charge is 0.271 e. The van der Waals surface area contributed by atoms with Gasteiger partial charge in [-0.15, -0.1) is 0 Å². The Morgan fingerprint density at radius 2 is 2.00 bits per heavy atom. The summed E-state index contributed by atoms with van der Waals surface area (Å²) in [6.07, 6.45) is 0. The summed E-state index contributed by atoms with van der Waals surface area (Å²) >= 11 is 0. The van der Waals surface area contributed by atoms with E-state index in [9.17, 15) is 18.5 Å². The van der Waals surface area contributed by atoms with Gasteiger partial charge in [0.2, 0.25) is 10.0 Å². The third kappa shape index (κ3) is 3.49. The number of benzene rings is 1. The van der Waals surface area contributed by atoms with Crippen LogP contribution in [0.1, 0.15) is 18.1 Å². The molecule has 1 unspecified atom stereocenters. The van der Waals surface area contributed by atoms with E-state index in [-0.39, 0.29) is 17.1 Å². The summed E-state index contributed by atoms with van der Waals surface area (Å²) in [5.41, 5.74) is 6.16. The minimum Gasteiger partial charge on any atom is -0.329 e. The maximum absolute atomic E-state index is 12.2. The van der Waals surface area contributed by atoms with E-state index in [1.54, 1.807) is 20.8 Å². The van der Waals surface area contributed by atoms with Crippen molar-refractivity contribution < 1.29 is 13.3 Å². The lowest BCUT2D eigenvalue weighted by molar-refractivity contribution is -0.385. The zero-order chi connectivity index (χ0) is 14.8. The number of nitrogens with one attached hydrogen (secondary N) is 1. The van der Waals surface area contributed by atoms with Crippen LogP contribution in [0.4, 0.5) is 5.69 Å². The summed E-state index contributed by atoms with van der Waals surface area (Å²) in [7, 11) is -3.82. The van der Waals surface area contributed by atoms with E-state index in [0.717, 1.165) is 6.07 Å². The first-order valence-electron chi connectivity index (χ1n) is 5.67. The Kier molecular flexibility index (Phi) is 4.61. The van der Waals surface area contributed by atoms with E-state index >= 15 is 0 Å². The molecule has 3 N–H and O–H groups in total. The van der Waals surface area contributed by atoms with Crippen LogP contribution in [0.2, 0.25) is 0 Å². The van der Waals surface area contributed by atoms with Gasteiger partial charge < -0.3 is 5.73 Å². The molecule has 0 aliphatic carbocycles. The number of hydrogen-bond donors (Lipinski definition) is 2. The van der Waals surface area contributed by atoms with E-state index in [1.807, 2.05) is 0 Å². The second-order valence-corrected chi connectivity index (χ2v) is 6.08. The molecule has 0 amide bonds. The number of nitro groups is 1. The first kappa shape index (κ1) is 15.5. The number of nitrogens with two attached hydrogens (primary N) is 1. The third-order valence-electron chi connectivity index (χ3n) is 2.81. The second kappa shape index (κ2) is 5.64. The van der Waals surface area contributed by atoms with Crippen molar-refractivity contribution in [2.75, 3.05) is 6.54 Å². The first-order valence-corrected chi connectivity index (χ1v) is 7.15. The molecule has 0 heterocycles. The van der Waals surface area contributed by atoms with Gasteiger partial charge in [-0.25, -0.2) is 13.1 Å². The molecule has 19 heavy (non-hydrogen) atoms. The van der Waals surface area contributed by atoms with E-state index in [0.29, 0.717) is 11.1 Å². The van der Waals surface area contributed by atoms with Crippen molar-refractivity contribution in [2.24, 2.45) is 5.73 Å². The summed E-state index contributed by atoms with van der Waals surface area (Å²) in [5, 5.41) is 10.8. The molecule has 0 aromatic heterocycles. The Morgan fingerprint density at radius 1 is 1.42 bits per heavy atom. The molecule has 1 aromatic rings. The van der Waals surface area contributed by atoms with Gasteiger partial charge in [-0.3, -0.25) is 10.1 Å². The molecule has 0 fully saturated rings. The van der Waals surface area contributed by atoms with E-state index in [2.05, 4.69) is 4.72 Å². The van der Waals surface area contributed by atoms with Gasteiger partial charge >= 0.3 is 0 Å². The van der Waals surface area contributed by atoms with Gasteiger partial charge in [-0.05, 0) is 31.9 Å². The molecule has 0 spiro atoms. The van der Waals surface area contributed by atoms with Crippen molar-refractivity contribution in [3.8, 4) is 0 Å². The van der Waals surface area contributed by atoms with Crippen molar-refractivity contribution in [3.63, 3.8) is 0 Å². The Balaban J connectivity index is 3.37. The average Bonchev–Trinajstić information content (AvgIpc) is 2.31. The van der Waals surface area contributed by atoms with E-state index in [1.165, 1.54) is 6.07 Å². The van der Waals surface area contributed by atoms with Crippen LogP contribution in [-0.4, -0.2) is 25.9 Å². The molecule has 0 aliphatic heterocycles. The van der Waals surface area contributed by atoms with Crippen LogP contribution >= 0.6 is 0 Å². The summed E-state index contributed by atoms with van der Waals surface area (Å²) in [6.45, 7) is 5.01. The number of sulfonamides is 1. The van der Waals surface area contributed by atoms with Gasteiger partial charge in [0.25, 0.3) is 5.69 Å². The summed E-state index contributed by atoms with van der Waals surface area (Å²) in [4.78, 5) is 10.1. The predicted molar refractivity (Wildman–Crippen MR) is 71.4 cm³/mol. The fourth-order valence-corrected chi connectivity index (χ4v) is 3.16. The fourth-order valence-electron chi connectivity index (χ4n) is 1.57.